The number of rotatable bonds is 5. The Hall–Kier alpha value is -2.21. The summed E-state index contributed by atoms with van der Waals surface area (Å²) in [6.45, 7) is 2.17. The van der Waals surface area contributed by atoms with E-state index in [9.17, 15) is 9.90 Å². The molecule has 0 aliphatic heterocycles. The lowest BCUT2D eigenvalue weighted by atomic mass is 10.2. The molecule has 0 saturated carbocycles. The smallest absolute Gasteiger partial charge is 0.242 e. The standard InChI is InChI=1S/C13H16N4O2/c1-10(18)12-8-17(16-15-12)9-13(19)14-7-11-5-3-2-4-6-11/h2-6,8,10,18H,7,9H2,1H3,(H,14,19). The van der Waals surface area contributed by atoms with Gasteiger partial charge in [-0.3, -0.25) is 4.79 Å². The normalized spacial score (nSPS) is 12.1. The van der Waals surface area contributed by atoms with Gasteiger partial charge in [0.25, 0.3) is 0 Å². The summed E-state index contributed by atoms with van der Waals surface area (Å²) in [7, 11) is 0. The third-order valence-corrected chi connectivity index (χ3v) is 2.62. The topological polar surface area (TPSA) is 80.0 Å². The van der Waals surface area contributed by atoms with Gasteiger partial charge in [0, 0.05) is 6.54 Å². The first-order valence-corrected chi connectivity index (χ1v) is 6.04. The molecule has 0 spiro atoms. The minimum atomic E-state index is -0.680. The van der Waals surface area contributed by atoms with Crippen molar-refractivity contribution < 1.29 is 9.90 Å². The number of aliphatic hydroxyl groups excluding tert-OH is 1. The average molecular weight is 260 g/mol. The SMILES string of the molecule is CC(O)c1cn(CC(=O)NCc2ccccc2)nn1. The predicted octanol–water partition coefficient (Wildman–Crippen LogP) is 0.648. The van der Waals surface area contributed by atoms with Gasteiger partial charge >= 0.3 is 0 Å². The molecule has 2 rings (SSSR count). The van der Waals surface area contributed by atoms with Crippen molar-refractivity contribution in [1.82, 2.24) is 20.3 Å². The van der Waals surface area contributed by atoms with Crippen LogP contribution in [0.5, 0.6) is 0 Å². The summed E-state index contributed by atoms with van der Waals surface area (Å²) in [4.78, 5) is 11.7. The Balaban J connectivity index is 1.84. The van der Waals surface area contributed by atoms with Gasteiger partial charge in [0.1, 0.15) is 12.2 Å². The van der Waals surface area contributed by atoms with Gasteiger partial charge in [-0.1, -0.05) is 35.5 Å². The van der Waals surface area contributed by atoms with Crippen molar-refractivity contribution in [2.75, 3.05) is 0 Å². The molecule has 2 N–H and O–H groups in total. The summed E-state index contributed by atoms with van der Waals surface area (Å²) in [5, 5.41) is 19.7. The molecule has 0 aliphatic carbocycles. The van der Waals surface area contributed by atoms with Crippen LogP contribution in [0.2, 0.25) is 0 Å². The molecule has 1 heterocycles. The largest absolute Gasteiger partial charge is 0.387 e. The van der Waals surface area contributed by atoms with Gasteiger partial charge < -0.3 is 10.4 Å². The first kappa shape index (κ1) is 13.2. The van der Waals surface area contributed by atoms with Crippen LogP contribution in [0, 0.1) is 0 Å². The molecule has 19 heavy (non-hydrogen) atoms. The van der Waals surface area contributed by atoms with Crippen LogP contribution >= 0.6 is 0 Å². The highest BCUT2D eigenvalue weighted by Crippen LogP contribution is 2.05. The predicted molar refractivity (Wildman–Crippen MR) is 68.9 cm³/mol. The summed E-state index contributed by atoms with van der Waals surface area (Å²) < 4.78 is 1.41. The van der Waals surface area contributed by atoms with E-state index in [1.165, 1.54) is 4.68 Å². The number of amides is 1. The molecule has 0 fully saturated rings. The van der Waals surface area contributed by atoms with Crippen molar-refractivity contribution in [1.29, 1.82) is 0 Å². The third-order valence-electron chi connectivity index (χ3n) is 2.62. The summed E-state index contributed by atoms with van der Waals surface area (Å²) in [5.74, 6) is -0.147. The Kier molecular flexibility index (Phi) is 4.25. The fourth-order valence-electron chi connectivity index (χ4n) is 1.58. The second-order valence-corrected chi connectivity index (χ2v) is 4.28. The number of hydrogen-bond donors (Lipinski definition) is 2. The average Bonchev–Trinajstić information content (AvgIpc) is 2.86. The maximum atomic E-state index is 11.7. The minimum Gasteiger partial charge on any atom is -0.387 e. The number of hydrogen-bond acceptors (Lipinski definition) is 4. The maximum Gasteiger partial charge on any atom is 0.242 e. The molecule has 100 valence electrons. The highest BCUT2D eigenvalue weighted by Gasteiger charge is 2.08. The van der Waals surface area contributed by atoms with E-state index in [1.54, 1.807) is 13.1 Å². The van der Waals surface area contributed by atoms with E-state index in [1.807, 2.05) is 30.3 Å². The molecule has 6 heteroatoms. The van der Waals surface area contributed by atoms with E-state index >= 15 is 0 Å². The monoisotopic (exact) mass is 260 g/mol. The summed E-state index contributed by atoms with van der Waals surface area (Å²) >= 11 is 0. The Morgan fingerprint density at radius 1 is 1.42 bits per heavy atom. The summed E-state index contributed by atoms with van der Waals surface area (Å²) in [6, 6.07) is 9.67. The first-order valence-electron chi connectivity index (χ1n) is 6.04. The molecule has 1 aromatic carbocycles. The number of aliphatic hydroxyl groups is 1. The number of aromatic nitrogens is 3. The quantitative estimate of drug-likeness (QED) is 0.827. The van der Waals surface area contributed by atoms with Crippen LogP contribution in [-0.4, -0.2) is 26.0 Å². The zero-order valence-electron chi connectivity index (χ0n) is 10.7. The van der Waals surface area contributed by atoms with Crippen LogP contribution in [0.25, 0.3) is 0 Å². The van der Waals surface area contributed by atoms with Gasteiger partial charge in [-0.2, -0.15) is 0 Å². The van der Waals surface area contributed by atoms with Crippen LogP contribution in [0.3, 0.4) is 0 Å². The fraction of sp³-hybridized carbons (Fsp3) is 0.308. The molecular formula is C13H16N4O2. The second kappa shape index (κ2) is 6.10. The van der Waals surface area contributed by atoms with Crippen molar-refractivity contribution in [3.05, 3.63) is 47.8 Å². The Bertz CT molecular complexity index is 537. The molecule has 2 aromatic rings. The first-order chi connectivity index (χ1) is 9.15. The van der Waals surface area contributed by atoms with E-state index in [0.29, 0.717) is 12.2 Å². The molecular weight excluding hydrogens is 244 g/mol. The fourth-order valence-corrected chi connectivity index (χ4v) is 1.58. The van der Waals surface area contributed by atoms with Crippen LogP contribution in [0.4, 0.5) is 0 Å². The number of carbonyl (C=O) groups excluding carboxylic acids is 1. The van der Waals surface area contributed by atoms with Gasteiger partial charge in [0.2, 0.25) is 5.91 Å². The van der Waals surface area contributed by atoms with E-state index in [0.717, 1.165) is 5.56 Å². The molecule has 1 aromatic heterocycles. The highest BCUT2D eigenvalue weighted by atomic mass is 16.3. The van der Waals surface area contributed by atoms with Crippen molar-refractivity contribution in [3.63, 3.8) is 0 Å². The minimum absolute atomic E-state index is 0.0898. The zero-order valence-corrected chi connectivity index (χ0v) is 10.7. The highest BCUT2D eigenvalue weighted by molar-refractivity contribution is 5.75. The van der Waals surface area contributed by atoms with Crippen LogP contribution < -0.4 is 5.32 Å². The van der Waals surface area contributed by atoms with Gasteiger partial charge in [-0.05, 0) is 12.5 Å². The third kappa shape index (κ3) is 3.89. The van der Waals surface area contributed by atoms with Crippen molar-refractivity contribution >= 4 is 5.91 Å². The van der Waals surface area contributed by atoms with Crippen LogP contribution in [0.15, 0.2) is 36.5 Å². The number of carbonyl (C=O) groups is 1. The second-order valence-electron chi connectivity index (χ2n) is 4.28. The molecule has 0 radical (unpaired) electrons. The van der Waals surface area contributed by atoms with E-state index in [-0.39, 0.29) is 12.5 Å². The van der Waals surface area contributed by atoms with Gasteiger partial charge in [0.15, 0.2) is 0 Å². The molecule has 1 amide bonds. The van der Waals surface area contributed by atoms with Crippen LogP contribution in [0.1, 0.15) is 24.3 Å². The van der Waals surface area contributed by atoms with Gasteiger partial charge in [0.05, 0.1) is 12.3 Å². The van der Waals surface area contributed by atoms with Crippen molar-refractivity contribution in [2.45, 2.75) is 26.1 Å². The number of nitrogens with one attached hydrogen (secondary N) is 1. The van der Waals surface area contributed by atoms with Crippen molar-refractivity contribution in [3.8, 4) is 0 Å². The van der Waals surface area contributed by atoms with Crippen LogP contribution in [-0.2, 0) is 17.9 Å². The van der Waals surface area contributed by atoms with E-state index in [2.05, 4.69) is 15.6 Å². The maximum absolute atomic E-state index is 11.7. The van der Waals surface area contributed by atoms with Gasteiger partial charge in [-0.15, -0.1) is 5.10 Å². The Morgan fingerprint density at radius 2 is 2.16 bits per heavy atom. The molecule has 1 unspecified atom stereocenters. The lowest BCUT2D eigenvalue weighted by Gasteiger charge is -2.04. The molecule has 0 saturated heterocycles. The summed E-state index contributed by atoms with van der Waals surface area (Å²) in [6.07, 6.45) is 0.883. The molecule has 0 bridgehead atoms. The van der Waals surface area contributed by atoms with Gasteiger partial charge in [-0.25, -0.2) is 4.68 Å². The van der Waals surface area contributed by atoms with E-state index in [4.69, 9.17) is 0 Å². The Morgan fingerprint density at radius 3 is 2.79 bits per heavy atom. The lowest BCUT2D eigenvalue weighted by molar-refractivity contribution is -0.122. The molecule has 1 atom stereocenters. The summed E-state index contributed by atoms with van der Waals surface area (Å²) in [5.41, 5.74) is 1.50. The van der Waals surface area contributed by atoms with Crippen molar-refractivity contribution in [2.24, 2.45) is 0 Å². The number of nitrogens with zero attached hydrogens (tertiary/aromatic N) is 3. The van der Waals surface area contributed by atoms with E-state index < -0.39 is 6.10 Å². The molecule has 6 nitrogen and oxygen atoms in total. The molecule has 0 aliphatic rings. The Labute approximate surface area is 111 Å². The lowest BCUT2D eigenvalue weighted by Crippen LogP contribution is -2.27. The number of benzene rings is 1. The zero-order chi connectivity index (χ0) is 13.7.